The van der Waals surface area contributed by atoms with Gasteiger partial charge in [0.15, 0.2) is 5.82 Å². The fourth-order valence-corrected chi connectivity index (χ4v) is 1.87. The smallest absolute Gasteiger partial charge is 0.227 e. The molecule has 0 radical (unpaired) electrons. The standard InChI is InChI=1S/C14H24N4O3/c1-11-10-13(16-21-11)15-14(20)6-9-18(12(2)19)8-5-7-17(3)4/h10H,5-9H2,1-4H3,(H,15,16,20). The van der Waals surface area contributed by atoms with E-state index in [1.165, 1.54) is 6.92 Å². The van der Waals surface area contributed by atoms with Gasteiger partial charge in [0.2, 0.25) is 11.8 Å². The van der Waals surface area contributed by atoms with E-state index >= 15 is 0 Å². The Morgan fingerprint density at radius 1 is 1.29 bits per heavy atom. The molecule has 0 aliphatic carbocycles. The van der Waals surface area contributed by atoms with Crippen molar-refractivity contribution in [3.63, 3.8) is 0 Å². The second-order valence-corrected chi connectivity index (χ2v) is 5.28. The van der Waals surface area contributed by atoms with E-state index in [0.29, 0.717) is 24.7 Å². The van der Waals surface area contributed by atoms with Crippen LogP contribution in [0.25, 0.3) is 0 Å². The van der Waals surface area contributed by atoms with Crippen molar-refractivity contribution >= 4 is 17.6 Å². The van der Waals surface area contributed by atoms with Gasteiger partial charge in [-0.3, -0.25) is 9.59 Å². The zero-order valence-corrected chi connectivity index (χ0v) is 13.2. The molecule has 0 aromatic carbocycles. The topological polar surface area (TPSA) is 78.7 Å². The lowest BCUT2D eigenvalue weighted by molar-refractivity contribution is -0.129. The third-order valence-electron chi connectivity index (χ3n) is 2.98. The molecule has 1 aromatic heterocycles. The fourth-order valence-electron chi connectivity index (χ4n) is 1.87. The monoisotopic (exact) mass is 296 g/mol. The molecular formula is C14H24N4O3. The SMILES string of the molecule is CC(=O)N(CCCN(C)C)CCC(=O)Nc1cc(C)on1. The number of rotatable bonds is 8. The molecule has 0 atom stereocenters. The third kappa shape index (κ3) is 6.89. The Morgan fingerprint density at radius 3 is 2.52 bits per heavy atom. The van der Waals surface area contributed by atoms with Crippen molar-refractivity contribution in [2.45, 2.75) is 26.7 Å². The van der Waals surface area contributed by atoms with E-state index in [2.05, 4.69) is 15.4 Å². The summed E-state index contributed by atoms with van der Waals surface area (Å²) in [4.78, 5) is 27.1. The number of nitrogens with zero attached hydrogens (tertiary/aromatic N) is 3. The maximum absolute atomic E-state index is 11.8. The number of amides is 2. The molecule has 7 heteroatoms. The molecule has 1 aromatic rings. The normalized spacial score (nSPS) is 10.7. The number of carbonyl (C=O) groups excluding carboxylic acids is 2. The first-order chi connectivity index (χ1) is 9.88. The number of hydrogen-bond donors (Lipinski definition) is 1. The molecule has 0 aliphatic rings. The van der Waals surface area contributed by atoms with Crippen LogP contribution < -0.4 is 5.32 Å². The molecule has 1 heterocycles. The van der Waals surface area contributed by atoms with Gasteiger partial charge in [-0.15, -0.1) is 0 Å². The average Bonchev–Trinajstić information content (AvgIpc) is 2.78. The molecule has 7 nitrogen and oxygen atoms in total. The predicted octanol–water partition coefficient (Wildman–Crippen LogP) is 1.11. The zero-order chi connectivity index (χ0) is 15.8. The summed E-state index contributed by atoms with van der Waals surface area (Å²) in [6.45, 7) is 5.25. The summed E-state index contributed by atoms with van der Waals surface area (Å²) in [6.07, 6.45) is 1.13. The molecule has 21 heavy (non-hydrogen) atoms. The maximum atomic E-state index is 11.8. The highest BCUT2D eigenvalue weighted by Gasteiger charge is 2.12. The molecule has 1 rings (SSSR count). The van der Waals surface area contributed by atoms with E-state index in [1.807, 2.05) is 14.1 Å². The summed E-state index contributed by atoms with van der Waals surface area (Å²) in [5, 5.41) is 6.34. The average molecular weight is 296 g/mol. The molecule has 0 unspecified atom stereocenters. The van der Waals surface area contributed by atoms with Gasteiger partial charge in [0.25, 0.3) is 0 Å². The first kappa shape index (κ1) is 17.2. The number of aromatic nitrogens is 1. The molecule has 0 bridgehead atoms. The van der Waals surface area contributed by atoms with Crippen molar-refractivity contribution in [2.24, 2.45) is 0 Å². The van der Waals surface area contributed by atoms with E-state index in [-0.39, 0.29) is 18.2 Å². The van der Waals surface area contributed by atoms with Crippen LogP contribution in [0.3, 0.4) is 0 Å². The van der Waals surface area contributed by atoms with Crippen molar-refractivity contribution in [2.75, 3.05) is 39.0 Å². The quantitative estimate of drug-likeness (QED) is 0.777. The van der Waals surface area contributed by atoms with Crippen LogP contribution in [0.2, 0.25) is 0 Å². The van der Waals surface area contributed by atoms with Crippen molar-refractivity contribution in [1.29, 1.82) is 0 Å². The second kappa shape index (κ2) is 8.41. The first-order valence-corrected chi connectivity index (χ1v) is 7.02. The first-order valence-electron chi connectivity index (χ1n) is 7.02. The summed E-state index contributed by atoms with van der Waals surface area (Å²) < 4.78 is 4.87. The molecule has 1 N–H and O–H groups in total. The molecule has 0 spiro atoms. The number of nitrogens with one attached hydrogen (secondary N) is 1. The summed E-state index contributed by atoms with van der Waals surface area (Å²) in [6, 6.07) is 1.65. The highest BCUT2D eigenvalue weighted by molar-refractivity contribution is 5.90. The molecule has 2 amide bonds. The third-order valence-corrected chi connectivity index (χ3v) is 2.98. The van der Waals surface area contributed by atoms with E-state index in [1.54, 1.807) is 17.9 Å². The van der Waals surface area contributed by atoms with Crippen molar-refractivity contribution in [3.05, 3.63) is 11.8 Å². The Hall–Kier alpha value is -1.89. The van der Waals surface area contributed by atoms with Gasteiger partial charge in [-0.05, 0) is 34.0 Å². The number of aryl methyl sites for hydroxylation is 1. The maximum Gasteiger partial charge on any atom is 0.227 e. The van der Waals surface area contributed by atoms with Crippen molar-refractivity contribution in [1.82, 2.24) is 15.0 Å². The Labute approximate surface area is 125 Å². The highest BCUT2D eigenvalue weighted by atomic mass is 16.5. The Balaban J connectivity index is 2.34. The fraction of sp³-hybridized carbons (Fsp3) is 0.643. The Kier molecular flexibility index (Phi) is 6.87. The molecule has 0 fully saturated rings. The van der Waals surface area contributed by atoms with Crippen LogP contribution in [-0.2, 0) is 9.59 Å². The van der Waals surface area contributed by atoms with E-state index in [4.69, 9.17) is 4.52 Å². The lowest BCUT2D eigenvalue weighted by Crippen LogP contribution is -2.34. The Bertz CT molecular complexity index is 471. The minimum atomic E-state index is -0.179. The molecule has 0 aliphatic heterocycles. The lowest BCUT2D eigenvalue weighted by atomic mass is 10.3. The molecule has 0 saturated heterocycles. The van der Waals surface area contributed by atoms with Gasteiger partial charge in [0.1, 0.15) is 5.76 Å². The van der Waals surface area contributed by atoms with Crippen LogP contribution in [0.4, 0.5) is 5.82 Å². The summed E-state index contributed by atoms with van der Waals surface area (Å²) in [5.41, 5.74) is 0. The van der Waals surface area contributed by atoms with Crippen molar-refractivity contribution < 1.29 is 14.1 Å². The lowest BCUT2D eigenvalue weighted by Gasteiger charge is -2.21. The second-order valence-electron chi connectivity index (χ2n) is 5.28. The molecule has 0 saturated carbocycles. The summed E-state index contributed by atoms with van der Waals surface area (Å²) in [7, 11) is 3.98. The Morgan fingerprint density at radius 2 is 2.00 bits per heavy atom. The van der Waals surface area contributed by atoms with E-state index in [9.17, 15) is 9.59 Å². The number of carbonyl (C=O) groups is 2. The van der Waals surface area contributed by atoms with Crippen LogP contribution in [-0.4, -0.2) is 60.5 Å². The van der Waals surface area contributed by atoms with Crippen LogP contribution in [0.5, 0.6) is 0 Å². The van der Waals surface area contributed by atoms with Gasteiger partial charge in [0.05, 0.1) is 0 Å². The summed E-state index contributed by atoms with van der Waals surface area (Å²) >= 11 is 0. The largest absolute Gasteiger partial charge is 0.360 e. The summed E-state index contributed by atoms with van der Waals surface area (Å²) in [5.74, 6) is 0.847. The predicted molar refractivity (Wildman–Crippen MR) is 79.9 cm³/mol. The van der Waals surface area contributed by atoms with Gasteiger partial charge in [-0.1, -0.05) is 5.16 Å². The number of hydrogen-bond acceptors (Lipinski definition) is 5. The molecular weight excluding hydrogens is 272 g/mol. The van der Waals surface area contributed by atoms with Crippen molar-refractivity contribution in [3.8, 4) is 0 Å². The molecule has 118 valence electrons. The zero-order valence-electron chi connectivity index (χ0n) is 13.2. The minimum Gasteiger partial charge on any atom is -0.360 e. The van der Waals surface area contributed by atoms with Crippen LogP contribution >= 0.6 is 0 Å². The van der Waals surface area contributed by atoms with Crippen LogP contribution in [0.15, 0.2) is 10.6 Å². The number of anilines is 1. The van der Waals surface area contributed by atoms with Gasteiger partial charge in [-0.25, -0.2) is 0 Å². The van der Waals surface area contributed by atoms with Gasteiger partial charge in [0, 0.05) is 32.5 Å². The van der Waals surface area contributed by atoms with Gasteiger partial charge < -0.3 is 19.6 Å². The minimum absolute atomic E-state index is 0.0150. The highest BCUT2D eigenvalue weighted by Crippen LogP contribution is 2.07. The van der Waals surface area contributed by atoms with Gasteiger partial charge >= 0.3 is 0 Å². The van der Waals surface area contributed by atoms with E-state index in [0.717, 1.165) is 13.0 Å². The van der Waals surface area contributed by atoms with E-state index < -0.39 is 0 Å². The van der Waals surface area contributed by atoms with Crippen LogP contribution in [0.1, 0.15) is 25.5 Å². The van der Waals surface area contributed by atoms with Gasteiger partial charge in [-0.2, -0.15) is 0 Å². The van der Waals surface area contributed by atoms with Crippen LogP contribution in [0, 0.1) is 6.92 Å².